The van der Waals surface area contributed by atoms with Crippen LogP contribution < -0.4 is 5.73 Å². The minimum atomic E-state index is -3.55. The Morgan fingerprint density at radius 2 is 1.88 bits per heavy atom. The summed E-state index contributed by atoms with van der Waals surface area (Å²) in [5, 5.41) is 4.00. The molecule has 0 radical (unpaired) electrons. The van der Waals surface area contributed by atoms with Crippen LogP contribution in [0.2, 0.25) is 0 Å². The van der Waals surface area contributed by atoms with E-state index in [-0.39, 0.29) is 6.04 Å². The number of benzene rings is 1. The highest BCUT2D eigenvalue weighted by Gasteiger charge is 2.33. The number of piperidine rings is 1. The molecule has 1 saturated heterocycles. The van der Waals surface area contributed by atoms with E-state index in [9.17, 15) is 8.42 Å². The van der Waals surface area contributed by atoms with Gasteiger partial charge in [0, 0.05) is 18.3 Å². The molecule has 2 aromatic rings. The molecule has 0 saturated carbocycles. The standard InChI is InChI=1S/C17H23N3O2S2/c1-19-9-6-16(7-10-19)20(12-14-8-11-23-13-14)24(21,22)17-4-2-15(18)3-5-17/h2-5,8,11,13,16H,6-7,9-10,12,18H2,1H3. The van der Waals surface area contributed by atoms with E-state index in [1.54, 1.807) is 39.9 Å². The fourth-order valence-electron chi connectivity index (χ4n) is 3.03. The molecule has 0 amide bonds. The predicted molar refractivity (Wildman–Crippen MR) is 98.4 cm³/mol. The first-order valence-electron chi connectivity index (χ1n) is 8.04. The number of hydrogen-bond donors (Lipinski definition) is 1. The van der Waals surface area contributed by atoms with Gasteiger partial charge in [-0.05, 0) is 79.6 Å². The Morgan fingerprint density at radius 1 is 1.21 bits per heavy atom. The number of nitrogens with zero attached hydrogens (tertiary/aromatic N) is 2. The predicted octanol–water partition coefficient (Wildman–Crippen LogP) is 2.62. The topological polar surface area (TPSA) is 66.6 Å². The summed E-state index contributed by atoms with van der Waals surface area (Å²) in [5.41, 5.74) is 7.31. The van der Waals surface area contributed by atoms with Crippen LogP contribution in [0.5, 0.6) is 0 Å². The molecule has 1 aliphatic rings. The van der Waals surface area contributed by atoms with Gasteiger partial charge in [0.25, 0.3) is 0 Å². The summed E-state index contributed by atoms with van der Waals surface area (Å²) in [5.74, 6) is 0. The van der Waals surface area contributed by atoms with E-state index >= 15 is 0 Å². The molecule has 2 heterocycles. The second-order valence-corrected chi connectivity index (χ2v) is 8.96. The molecule has 0 unspecified atom stereocenters. The number of nitrogens with two attached hydrogens (primary N) is 1. The Kier molecular flexibility index (Phi) is 5.24. The zero-order chi connectivity index (χ0) is 17.2. The second-order valence-electron chi connectivity index (χ2n) is 6.29. The smallest absolute Gasteiger partial charge is 0.243 e. The highest BCUT2D eigenvalue weighted by molar-refractivity contribution is 7.89. The molecule has 7 heteroatoms. The van der Waals surface area contributed by atoms with Crippen molar-refractivity contribution in [2.45, 2.75) is 30.3 Å². The number of hydrogen-bond acceptors (Lipinski definition) is 5. The van der Waals surface area contributed by atoms with E-state index < -0.39 is 10.0 Å². The van der Waals surface area contributed by atoms with E-state index in [4.69, 9.17) is 5.73 Å². The maximum atomic E-state index is 13.2. The van der Waals surface area contributed by atoms with Crippen molar-refractivity contribution in [3.63, 3.8) is 0 Å². The molecule has 1 aliphatic heterocycles. The Balaban J connectivity index is 1.92. The summed E-state index contributed by atoms with van der Waals surface area (Å²) in [4.78, 5) is 2.56. The number of rotatable bonds is 5. The SMILES string of the molecule is CN1CCC(N(Cc2ccsc2)S(=O)(=O)c2ccc(N)cc2)CC1. The maximum Gasteiger partial charge on any atom is 0.243 e. The van der Waals surface area contributed by atoms with Crippen LogP contribution in [-0.2, 0) is 16.6 Å². The van der Waals surface area contributed by atoms with Crippen LogP contribution in [0, 0.1) is 0 Å². The van der Waals surface area contributed by atoms with E-state index in [0.717, 1.165) is 31.5 Å². The Morgan fingerprint density at radius 3 is 2.46 bits per heavy atom. The van der Waals surface area contributed by atoms with Crippen LogP contribution in [0.25, 0.3) is 0 Å². The molecule has 5 nitrogen and oxygen atoms in total. The van der Waals surface area contributed by atoms with Crippen LogP contribution in [0.15, 0.2) is 46.0 Å². The second kappa shape index (κ2) is 7.23. The van der Waals surface area contributed by atoms with Gasteiger partial charge in [0.15, 0.2) is 0 Å². The third-order valence-electron chi connectivity index (χ3n) is 4.50. The molecule has 24 heavy (non-hydrogen) atoms. The summed E-state index contributed by atoms with van der Waals surface area (Å²) in [6, 6.07) is 8.50. The highest BCUT2D eigenvalue weighted by atomic mass is 32.2. The van der Waals surface area contributed by atoms with Crippen LogP contribution in [0.1, 0.15) is 18.4 Å². The van der Waals surface area contributed by atoms with E-state index in [1.807, 2.05) is 16.8 Å². The van der Waals surface area contributed by atoms with Crippen molar-refractivity contribution in [2.75, 3.05) is 25.9 Å². The van der Waals surface area contributed by atoms with Crippen molar-refractivity contribution in [2.24, 2.45) is 0 Å². The Labute approximate surface area is 147 Å². The van der Waals surface area contributed by atoms with Gasteiger partial charge in [0.05, 0.1) is 4.90 Å². The zero-order valence-corrected chi connectivity index (χ0v) is 15.4. The molecule has 1 aromatic carbocycles. The van der Waals surface area contributed by atoms with Gasteiger partial charge in [-0.15, -0.1) is 0 Å². The van der Waals surface area contributed by atoms with Crippen molar-refractivity contribution < 1.29 is 8.42 Å². The number of thiophene rings is 1. The molecule has 0 bridgehead atoms. The first-order chi connectivity index (χ1) is 11.5. The van der Waals surface area contributed by atoms with Gasteiger partial charge < -0.3 is 10.6 Å². The zero-order valence-electron chi connectivity index (χ0n) is 13.8. The average molecular weight is 366 g/mol. The van der Waals surface area contributed by atoms with Crippen molar-refractivity contribution in [1.82, 2.24) is 9.21 Å². The van der Waals surface area contributed by atoms with Gasteiger partial charge in [-0.3, -0.25) is 0 Å². The monoisotopic (exact) mass is 365 g/mol. The molecular weight excluding hydrogens is 342 g/mol. The molecule has 1 aromatic heterocycles. The van der Waals surface area contributed by atoms with Crippen molar-refractivity contribution in [3.8, 4) is 0 Å². The lowest BCUT2D eigenvalue weighted by Gasteiger charge is -2.36. The summed E-state index contributed by atoms with van der Waals surface area (Å²) >= 11 is 1.59. The average Bonchev–Trinajstić information content (AvgIpc) is 3.07. The maximum absolute atomic E-state index is 13.2. The number of nitrogen functional groups attached to an aromatic ring is 1. The molecule has 0 atom stereocenters. The lowest BCUT2D eigenvalue weighted by atomic mass is 10.1. The summed E-state index contributed by atoms with van der Waals surface area (Å²) in [6.45, 7) is 2.26. The van der Waals surface area contributed by atoms with Gasteiger partial charge in [0.2, 0.25) is 10.0 Å². The third kappa shape index (κ3) is 3.80. The lowest BCUT2D eigenvalue weighted by Crippen LogP contribution is -2.46. The quantitative estimate of drug-likeness (QED) is 0.827. The van der Waals surface area contributed by atoms with Crippen LogP contribution in [0.4, 0.5) is 5.69 Å². The molecule has 0 spiro atoms. The van der Waals surface area contributed by atoms with E-state index in [2.05, 4.69) is 11.9 Å². The number of likely N-dealkylation sites (tertiary alicyclic amines) is 1. The third-order valence-corrected chi connectivity index (χ3v) is 7.15. The van der Waals surface area contributed by atoms with Gasteiger partial charge in [0.1, 0.15) is 0 Å². The highest BCUT2D eigenvalue weighted by Crippen LogP contribution is 2.27. The molecule has 1 fully saturated rings. The van der Waals surface area contributed by atoms with E-state index in [0.29, 0.717) is 17.1 Å². The minimum absolute atomic E-state index is 0.0312. The summed E-state index contributed by atoms with van der Waals surface area (Å²) < 4.78 is 28.1. The normalized spacial score (nSPS) is 17.4. The van der Waals surface area contributed by atoms with Gasteiger partial charge >= 0.3 is 0 Å². The summed E-state index contributed by atoms with van der Waals surface area (Å²) in [6.07, 6.45) is 1.71. The van der Waals surface area contributed by atoms with Gasteiger partial charge in [-0.25, -0.2) is 8.42 Å². The van der Waals surface area contributed by atoms with Crippen LogP contribution >= 0.6 is 11.3 Å². The lowest BCUT2D eigenvalue weighted by molar-refractivity contribution is 0.179. The fraction of sp³-hybridized carbons (Fsp3) is 0.412. The van der Waals surface area contributed by atoms with Crippen LogP contribution in [0.3, 0.4) is 0 Å². The first kappa shape index (κ1) is 17.4. The minimum Gasteiger partial charge on any atom is -0.399 e. The summed E-state index contributed by atoms with van der Waals surface area (Å²) in [7, 11) is -1.47. The first-order valence-corrected chi connectivity index (χ1v) is 10.4. The molecule has 130 valence electrons. The molecular formula is C17H23N3O2S2. The van der Waals surface area contributed by atoms with Gasteiger partial charge in [-0.2, -0.15) is 15.6 Å². The molecule has 2 N–H and O–H groups in total. The van der Waals surface area contributed by atoms with Crippen molar-refractivity contribution >= 4 is 27.0 Å². The van der Waals surface area contributed by atoms with E-state index in [1.165, 1.54) is 0 Å². The molecule has 0 aliphatic carbocycles. The number of sulfonamides is 1. The fourth-order valence-corrected chi connectivity index (χ4v) is 5.36. The molecule has 3 rings (SSSR count). The van der Waals surface area contributed by atoms with Crippen molar-refractivity contribution in [1.29, 1.82) is 0 Å². The largest absolute Gasteiger partial charge is 0.399 e. The van der Waals surface area contributed by atoms with Gasteiger partial charge in [-0.1, -0.05) is 0 Å². The Hall–Kier alpha value is -1.41. The van der Waals surface area contributed by atoms with Crippen LogP contribution in [-0.4, -0.2) is 43.8 Å². The Bertz CT molecular complexity index is 750. The van der Waals surface area contributed by atoms with Crippen molar-refractivity contribution in [3.05, 3.63) is 46.7 Å². The number of anilines is 1.